The molecule has 1 aromatic carbocycles. The molecule has 0 radical (unpaired) electrons. The zero-order valence-corrected chi connectivity index (χ0v) is 11.3. The first-order valence-corrected chi connectivity index (χ1v) is 7.06. The number of fused-ring (bicyclic) bond motifs is 1. The fourth-order valence-electron chi connectivity index (χ4n) is 1.83. The van der Waals surface area contributed by atoms with E-state index >= 15 is 0 Å². The van der Waals surface area contributed by atoms with Crippen LogP contribution in [-0.4, -0.2) is 24.9 Å². The molecule has 18 heavy (non-hydrogen) atoms. The molecule has 5 heteroatoms. The molecule has 0 fully saturated rings. The number of carbonyl (C=O) groups is 1. The van der Waals surface area contributed by atoms with Crippen LogP contribution < -0.4 is 4.43 Å². The van der Waals surface area contributed by atoms with Crippen LogP contribution in [0.2, 0.25) is 0 Å². The van der Waals surface area contributed by atoms with Gasteiger partial charge in [0.25, 0.3) is 0 Å². The van der Waals surface area contributed by atoms with Crippen LogP contribution in [0.1, 0.15) is 16.1 Å². The monoisotopic (exact) mass is 307 g/mol. The molecule has 0 aliphatic carbocycles. The van der Waals surface area contributed by atoms with Crippen molar-refractivity contribution in [3.05, 3.63) is 57.1 Å². The molecule has 3 rings (SSSR count). The zero-order valence-electron chi connectivity index (χ0n) is 9.54. The minimum atomic E-state index is -0.233. The first-order chi connectivity index (χ1) is 8.66. The average Bonchev–Trinajstić information content (AvgIpc) is 2.98. The molecule has 0 aliphatic heterocycles. The van der Waals surface area contributed by atoms with Crippen molar-refractivity contribution in [2.45, 2.75) is 0 Å². The Morgan fingerprint density at radius 1 is 1.33 bits per heavy atom. The summed E-state index contributed by atoms with van der Waals surface area (Å²) in [6.07, 6.45) is 1.47. The number of hydrogen-bond acceptors (Lipinski definition) is 3. The zero-order chi connectivity index (χ0) is 12.7. The molecule has 0 N–H and O–H groups in total. The van der Waals surface area contributed by atoms with E-state index in [9.17, 15) is 9.59 Å². The molecule has 0 amide bonds. The van der Waals surface area contributed by atoms with Gasteiger partial charge in [-0.25, -0.2) is 0 Å². The van der Waals surface area contributed by atoms with E-state index < -0.39 is 0 Å². The van der Waals surface area contributed by atoms with E-state index in [0.717, 1.165) is 9.78 Å². The van der Waals surface area contributed by atoms with Crippen LogP contribution >= 0.6 is 0 Å². The quantitative estimate of drug-likeness (QED) is 0.531. The molecular formula is C13H9NO3Se. The van der Waals surface area contributed by atoms with E-state index in [1.54, 1.807) is 35.9 Å². The number of nitrogens with zero attached hydrogens (tertiary/aromatic N) is 1. The summed E-state index contributed by atoms with van der Waals surface area (Å²) in [6.45, 7) is 0. The Bertz CT molecular complexity index is 780. The maximum atomic E-state index is 12.1. The summed E-state index contributed by atoms with van der Waals surface area (Å²) in [5, 5.41) is 0. The second-order valence-electron chi connectivity index (χ2n) is 3.92. The molecule has 0 spiro atoms. The Labute approximate surface area is 108 Å². The van der Waals surface area contributed by atoms with Gasteiger partial charge < -0.3 is 0 Å². The van der Waals surface area contributed by atoms with Crippen LogP contribution in [0.3, 0.4) is 0 Å². The summed E-state index contributed by atoms with van der Waals surface area (Å²) in [4.78, 5) is 23.7. The van der Waals surface area contributed by atoms with E-state index in [-0.39, 0.29) is 24.7 Å². The van der Waals surface area contributed by atoms with Crippen LogP contribution in [0.15, 0.2) is 45.8 Å². The van der Waals surface area contributed by atoms with Crippen molar-refractivity contribution in [2.75, 3.05) is 0 Å². The van der Waals surface area contributed by atoms with Crippen molar-refractivity contribution < 1.29 is 9.21 Å². The van der Waals surface area contributed by atoms with Crippen molar-refractivity contribution in [3.8, 4) is 0 Å². The number of rotatable bonds is 2. The Kier molecular flexibility index (Phi) is 2.58. The second-order valence-corrected chi connectivity index (χ2v) is 6.00. The first-order valence-electron chi connectivity index (χ1n) is 5.34. The van der Waals surface area contributed by atoms with Crippen molar-refractivity contribution in [3.63, 3.8) is 0 Å². The number of aryl methyl sites for hydroxylation is 1. The molecule has 0 unspecified atom stereocenters. The van der Waals surface area contributed by atoms with E-state index in [1.807, 2.05) is 6.07 Å². The Morgan fingerprint density at radius 3 is 2.89 bits per heavy atom. The molecule has 4 nitrogen and oxygen atoms in total. The fraction of sp³-hybridized carbons (Fsp3) is 0.0769. The Balaban J connectivity index is 2.14. The van der Waals surface area contributed by atoms with Gasteiger partial charge in [0.05, 0.1) is 0 Å². The van der Waals surface area contributed by atoms with Gasteiger partial charge in [0.2, 0.25) is 0 Å². The van der Waals surface area contributed by atoms with Gasteiger partial charge in [-0.15, -0.1) is 0 Å². The average molecular weight is 306 g/mol. The number of hydrogen-bond donors (Lipinski definition) is 0. The predicted octanol–water partition coefficient (Wildman–Crippen LogP) is 1.42. The molecule has 2 heterocycles. The third kappa shape index (κ3) is 1.68. The second kappa shape index (κ2) is 4.12. The van der Waals surface area contributed by atoms with E-state index in [4.69, 9.17) is 4.42 Å². The van der Waals surface area contributed by atoms with Crippen molar-refractivity contribution in [1.29, 1.82) is 0 Å². The van der Waals surface area contributed by atoms with Gasteiger partial charge in [-0.3, -0.25) is 0 Å². The van der Waals surface area contributed by atoms with Gasteiger partial charge in [-0.05, 0) is 0 Å². The molecular weight excluding hydrogens is 297 g/mol. The first kappa shape index (κ1) is 11.3. The van der Waals surface area contributed by atoms with Gasteiger partial charge in [0.1, 0.15) is 0 Å². The maximum absolute atomic E-state index is 12.1. The molecule has 0 atom stereocenters. The summed E-state index contributed by atoms with van der Waals surface area (Å²) in [5.41, 5.74) is 1.46. The number of furan rings is 1. The third-order valence-corrected chi connectivity index (χ3v) is 4.89. The number of carbonyl (C=O) groups excluding carboxylic acids is 1. The third-order valence-electron chi connectivity index (χ3n) is 2.80. The van der Waals surface area contributed by atoms with Crippen LogP contribution in [0.5, 0.6) is 0 Å². The predicted molar refractivity (Wildman–Crippen MR) is 68.3 cm³/mol. The molecule has 90 valence electrons. The molecule has 2 aromatic heterocycles. The SMILES string of the molecule is Cn1c(=O)[se]c2cc(C(=O)c3ccco3)ccc21. The minimum absolute atomic E-state index is 0.111. The van der Waals surface area contributed by atoms with E-state index in [2.05, 4.69) is 0 Å². The summed E-state index contributed by atoms with van der Waals surface area (Å²) < 4.78 is 7.79. The normalized spacial score (nSPS) is 10.9. The van der Waals surface area contributed by atoms with Crippen LogP contribution in [0.25, 0.3) is 9.78 Å². The fourth-order valence-corrected chi connectivity index (χ4v) is 3.75. The van der Waals surface area contributed by atoms with Crippen molar-refractivity contribution in [2.24, 2.45) is 7.05 Å². The summed E-state index contributed by atoms with van der Waals surface area (Å²) in [6, 6.07) is 8.66. The van der Waals surface area contributed by atoms with Gasteiger partial charge in [-0.1, -0.05) is 0 Å². The molecule has 0 aliphatic rings. The Hall–Kier alpha value is -1.84. The topological polar surface area (TPSA) is 52.2 Å². The van der Waals surface area contributed by atoms with E-state index in [0.29, 0.717) is 11.3 Å². The molecule has 0 saturated carbocycles. The molecule has 0 bridgehead atoms. The summed E-state index contributed by atoms with van der Waals surface area (Å²) >= 11 is -0.233. The van der Waals surface area contributed by atoms with Crippen LogP contribution in [-0.2, 0) is 7.05 Å². The standard InChI is InChI=1S/C13H9NO3Se/c1-14-9-5-4-8(7-11(9)18-13(14)16)12(15)10-3-2-6-17-10/h2-7H,1H3. The number of ketones is 1. The van der Waals surface area contributed by atoms with E-state index in [1.165, 1.54) is 6.26 Å². The summed E-state index contributed by atoms with van der Waals surface area (Å²) in [7, 11) is 1.75. The molecule has 0 saturated heterocycles. The molecule has 3 aromatic rings. The van der Waals surface area contributed by atoms with Gasteiger partial charge in [-0.2, -0.15) is 0 Å². The van der Waals surface area contributed by atoms with Crippen molar-refractivity contribution in [1.82, 2.24) is 4.57 Å². The number of aromatic nitrogens is 1. The van der Waals surface area contributed by atoms with Gasteiger partial charge >= 0.3 is 108 Å². The number of benzene rings is 1. The summed E-state index contributed by atoms with van der Waals surface area (Å²) in [5.74, 6) is 0.167. The van der Waals surface area contributed by atoms with Crippen LogP contribution in [0, 0.1) is 0 Å². The van der Waals surface area contributed by atoms with Gasteiger partial charge in [0, 0.05) is 0 Å². The Morgan fingerprint density at radius 2 is 2.17 bits per heavy atom. The van der Waals surface area contributed by atoms with Gasteiger partial charge in [0.15, 0.2) is 0 Å². The van der Waals surface area contributed by atoms with Crippen LogP contribution in [0.4, 0.5) is 0 Å². The van der Waals surface area contributed by atoms with Crippen molar-refractivity contribution >= 4 is 30.1 Å².